The van der Waals surface area contributed by atoms with E-state index in [1.807, 2.05) is 11.9 Å². The molecule has 2 aromatic heterocycles. The van der Waals surface area contributed by atoms with Crippen LogP contribution in [0.5, 0.6) is 0 Å². The topological polar surface area (TPSA) is 35.5 Å². The van der Waals surface area contributed by atoms with E-state index >= 15 is 4.39 Å². The second-order valence-corrected chi connectivity index (χ2v) is 11.5. The summed E-state index contributed by atoms with van der Waals surface area (Å²) >= 11 is 1.08. The number of fused-ring (bicyclic) bond motifs is 1. The van der Waals surface area contributed by atoms with Crippen LogP contribution in [0.3, 0.4) is 0 Å². The molecule has 1 atom stereocenters. The summed E-state index contributed by atoms with van der Waals surface area (Å²) in [4.78, 5) is 16.0. The van der Waals surface area contributed by atoms with Crippen LogP contribution in [-0.2, 0) is 6.42 Å². The molecule has 10 heteroatoms. The number of nitrogens with zero attached hydrogens (tertiary/aromatic N) is 5. The molecule has 0 N–H and O–H groups in total. The van der Waals surface area contributed by atoms with Crippen molar-refractivity contribution in [3.63, 3.8) is 0 Å². The summed E-state index contributed by atoms with van der Waals surface area (Å²) in [7, 11) is 1.95. The summed E-state index contributed by atoms with van der Waals surface area (Å²) in [6.07, 6.45) is -2.75. The SMILES string of the molecule is CC(C)[C@H](N1CC2(CCN(c3ncnc4sc(CC(F)(F)F)cc34)C2)C1)C1(F)CN(C)C1. The average Bonchev–Trinajstić information content (AvgIpc) is 3.22. The first-order valence-electron chi connectivity index (χ1n) is 11.1. The molecular formula is C22H29F4N5S. The van der Waals surface area contributed by atoms with E-state index in [1.54, 1.807) is 6.07 Å². The summed E-state index contributed by atoms with van der Waals surface area (Å²) in [5.41, 5.74) is -1.05. The number of thiophene rings is 1. The van der Waals surface area contributed by atoms with Gasteiger partial charge in [0.15, 0.2) is 5.67 Å². The normalized spacial score (nSPS) is 24.3. The zero-order valence-electron chi connectivity index (χ0n) is 18.6. The van der Waals surface area contributed by atoms with Gasteiger partial charge in [-0.3, -0.25) is 9.80 Å². The number of hydrogen-bond acceptors (Lipinski definition) is 6. The van der Waals surface area contributed by atoms with Crippen LogP contribution in [-0.4, -0.2) is 84.0 Å². The fourth-order valence-corrected chi connectivity index (χ4v) is 7.22. The monoisotopic (exact) mass is 471 g/mol. The zero-order chi connectivity index (χ0) is 22.9. The summed E-state index contributed by atoms with van der Waals surface area (Å²) < 4.78 is 54.0. The average molecular weight is 472 g/mol. The molecule has 0 saturated carbocycles. The molecule has 0 aliphatic carbocycles. The van der Waals surface area contributed by atoms with Crippen LogP contribution >= 0.6 is 11.3 Å². The highest BCUT2D eigenvalue weighted by molar-refractivity contribution is 7.18. The molecule has 1 spiro atoms. The Hall–Kier alpha value is -1.52. The second kappa shape index (κ2) is 7.50. The summed E-state index contributed by atoms with van der Waals surface area (Å²) in [6.45, 7) is 8.50. The van der Waals surface area contributed by atoms with Gasteiger partial charge in [-0.05, 0) is 25.5 Å². The third-order valence-corrected chi connectivity index (χ3v) is 8.21. The fourth-order valence-electron chi connectivity index (χ4n) is 6.20. The molecule has 3 aliphatic rings. The molecule has 5 nitrogen and oxygen atoms in total. The fraction of sp³-hybridized carbons (Fsp3) is 0.727. The summed E-state index contributed by atoms with van der Waals surface area (Å²) in [5, 5.41) is 0.699. The molecule has 5 heterocycles. The van der Waals surface area contributed by atoms with Gasteiger partial charge in [0.05, 0.1) is 11.8 Å². The molecule has 32 heavy (non-hydrogen) atoms. The minimum Gasteiger partial charge on any atom is -0.355 e. The van der Waals surface area contributed by atoms with E-state index in [2.05, 4.69) is 33.6 Å². The van der Waals surface area contributed by atoms with Gasteiger partial charge in [-0.2, -0.15) is 13.2 Å². The molecule has 5 rings (SSSR count). The molecule has 176 valence electrons. The van der Waals surface area contributed by atoms with Gasteiger partial charge in [-0.15, -0.1) is 11.3 Å². The number of likely N-dealkylation sites (tertiary alicyclic amines) is 2. The van der Waals surface area contributed by atoms with Gasteiger partial charge in [0.1, 0.15) is 17.0 Å². The van der Waals surface area contributed by atoms with Crippen LogP contribution in [0.25, 0.3) is 10.2 Å². The number of anilines is 1. The molecule has 3 aliphatic heterocycles. The third-order valence-electron chi connectivity index (χ3n) is 7.17. The second-order valence-electron chi connectivity index (χ2n) is 10.4. The Balaban J connectivity index is 1.30. The van der Waals surface area contributed by atoms with Gasteiger partial charge in [0, 0.05) is 55.6 Å². The van der Waals surface area contributed by atoms with Gasteiger partial charge in [0.2, 0.25) is 0 Å². The minimum absolute atomic E-state index is 0.0778. The molecule has 0 amide bonds. The highest BCUT2D eigenvalue weighted by atomic mass is 32.1. The van der Waals surface area contributed by atoms with Crippen molar-refractivity contribution in [2.45, 2.75) is 44.6 Å². The van der Waals surface area contributed by atoms with Crippen LogP contribution in [0.15, 0.2) is 12.4 Å². The van der Waals surface area contributed by atoms with Crippen LogP contribution in [0, 0.1) is 11.3 Å². The molecule has 3 saturated heterocycles. The number of hydrogen-bond donors (Lipinski definition) is 0. The van der Waals surface area contributed by atoms with Crippen molar-refractivity contribution in [2.24, 2.45) is 11.3 Å². The first-order valence-corrected chi connectivity index (χ1v) is 12.0. The van der Waals surface area contributed by atoms with Crippen molar-refractivity contribution in [3.8, 4) is 0 Å². The first kappa shape index (κ1) is 22.3. The summed E-state index contributed by atoms with van der Waals surface area (Å²) in [6, 6.07) is 1.52. The van der Waals surface area contributed by atoms with E-state index in [9.17, 15) is 13.2 Å². The van der Waals surface area contributed by atoms with Gasteiger partial charge in [0.25, 0.3) is 0 Å². The van der Waals surface area contributed by atoms with Crippen molar-refractivity contribution in [1.82, 2.24) is 19.8 Å². The quantitative estimate of drug-likeness (QED) is 0.617. The van der Waals surface area contributed by atoms with Gasteiger partial charge in [-0.1, -0.05) is 13.8 Å². The lowest BCUT2D eigenvalue weighted by atomic mass is 9.73. The maximum Gasteiger partial charge on any atom is 0.393 e. The highest BCUT2D eigenvalue weighted by Crippen LogP contribution is 2.47. The Bertz CT molecular complexity index is 994. The Morgan fingerprint density at radius 2 is 1.84 bits per heavy atom. The summed E-state index contributed by atoms with van der Waals surface area (Å²) in [5.74, 6) is 0.959. The maximum absolute atomic E-state index is 15.5. The van der Waals surface area contributed by atoms with Crippen LogP contribution in [0.4, 0.5) is 23.4 Å². The van der Waals surface area contributed by atoms with Crippen LogP contribution in [0.2, 0.25) is 0 Å². The Morgan fingerprint density at radius 3 is 2.47 bits per heavy atom. The van der Waals surface area contributed by atoms with E-state index < -0.39 is 18.3 Å². The van der Waals surface area contributed by atoms with Crippen LogP contribution in [0.1, 0.15) is 25.1 Å². The lowest BCUT2D eigenvalue weighted by molar-refractivity contribution is -0.140. The van der Waals surface area contributed by atoms with Gasteiger partial charge < -0.3 is 4.90 Å². The van der Waals surface area contributed by atoms with E-state index in [4.69, 9.17) is 0 Å². The standard InChI is InChI=1S/C22H29F4N5S/c1-14(2)17(21(23)11-29(3)12-21)31-9-20(10-31)4-5-30(8-20)18-16-6-15(7-22(24,25)26)32-19(16)28-13-27-18/h6,13-14,17H,4-5,7-12H2,1-3H3/t17-/m0/s1. The largest absolute Gasteiger partial charge is 0.393 e. The predicted molar refractivity (Wildman–Crippen MR) is 118 cm³/mol. The molecular weight excluding hydrogens is 442 g/mol. The highest BCUT2D eigenvalue weighted by Gasteiger charge is 2.58. The Labute approximate surface area is 189 Å². The number of alkyl halides is 4. The Morgan fingerprint density at radius 1 is 1.12 bits per heavy atom. The minimum atomic E-state index is -4.24. The number of rotatable bonds is 5. The van der Waals surface area contributed by atoms with E-state index in [-0.39, 0.29) is 22.3 Å². The third kappa shape index (κ3) is 3.88. The number of aromatic nitrogens is 2. The molecule has 0 unspecified atom stereocenters. The van der Waals surface area contributed by atoms with Crippen molar-refractivity contribution >= 4 is 27.4 Å². The zero-order valence-corrected chi connectivity index (χ0v) is 19.4. The maximum atomic E-state index is 15.5. The molecule has 2 aromatic rings. The lowest BCUT2D eigenvalue weighted by Crippen LogP contribution is -2.73. The molecule has 0 bridgehead atoms. The van der Waals surface area contributed by atoms with Crippen molar-refractivity contribution in [1.29, 1.82) is 0 Å². The van der Waals surface area contributed by atoms with Gasteiger partial charge >= 0.3 is 6.18 Å². The molecule has 0 aromatic carbocycles. The first-order chi connectivity index (χ1) is 15.0. The van der Waals surface area contributed by atoms with E-state index in [1.165, 1.54) is 6.33 Å². The van der Waals surface area contributed by atoms with Crippen LogP contribution < -0.4 is 4.90 Å². The van der Waals surface area contributed by atoms with Crippen molar-refractivity contribution in [3.05, 3.63) is 17.3 Å². The predicted octanol–water partition coefficient (Wildman–Crippen LogP) is 3.99. The smallest absolute Gasteiger partial charge is 0.355 e. The number of halogens is 4. The molecule has 3 fully saturated rings. The molecule has 0 radical (unpaired) electrons. The van der Waals surface area contributed by atoms with Gasteiger partial charge in [-0.25, -0.2) is 14.4 Å². The van der Waals surface area contributed by atoms with Crippen molar-refractivity contribution in [2.75, 3.05) is 51.2 Å². The van der Waals surface area contributed by atoms with E-state index in [0.717, 1.165) is 49.8 Å². The lowest BCUT2D eigenvalue weighted by Gasteiger charge is -2.59. The Kier molecular flexibility index (Phi) is 5.22. The van der Waals surface area contributed by atoms with Crippen molar-refractivity contribution < 1.29 is 17.6 Å². The van der Waals surface area contributed by atoms with E-state index in [0.29, 0.717) is 23.3 Å².